The second-order valence-electron chi connectivity index (χ2n) is 5.35. The van der Waals surface area contributed by atoms with Gasteiger partial charge in [0.1, 0.15) is 6.20 Å². The van der Waals surface area contributed by atoms with E-state index in [0.717, 1.165) is 0 Å². The highest BCUT2D eigenvalue weighted by Crippen LogP contribution is 2.21. The number of rotatable bonds is 4. The van der Waals surface area contributed by atoms with Gasteiger partial charge in [0.15, 0.2) is 0 Å². The van der Waals surface area contributed by atoms with Gasteiger partial charge in [0, 0.05) is 26.1 Å². The number of hydrogen-bond acceptors (Lipinski definition) is 5. The summed E-state index contributed by atoms with van der Waals surface area (Å²) in [5.74, 6) is -0.219. The van der Waals surface area contributed by atoms with Crippen molar-refractivity contribution in [2.24, 2.45) is 0 Å². The zero-order valence-corrected chi connectivity index (χ0v) is 11.4. The largest absolute Gasteiger partial charge is 0.390 e. The number of piperidine rings is 1. The highest BCUT2D eigenvalue weighted by molar-refractivity contribution is 5.76. The Morgan fingerprint density at radius 1 is 1.55 bits per heavy atom. The molecule has 1 N–H and O–H groups in total. The van der Waals surface area contributed by atoms with Crippen LogP contribution in [0.2, 0.25) is 0 Å². The predicted molar refractivity (Wildman–Crippen MR) is 69.9 cm³/mol. The maximum Gasteiger partial charge on any atom is 0.381 e. The summed E-state index contributed by atoms with van der Waals surface area (Å²) >= 11 is 0. The summed E-state index contributed by atoms with van der Waals surface area (Å²) in [5.41, 5.74) is -0.679. The third kappa shape index (κ3) is 3.53. The van der Waals surface area contributed by atoms with Crippen molar-refractivity contribution in [1.29, 1.82) is 0 Å². The summed E-state index contributed by atoms with van der Waals surface area (Å²) in [7, 11) is 0. The number of nitro groups is 1. The molecule has 1 aromatic rings. The smallest absolute Gasteiger partial charge is 0.381 e. The summed E-state index contributed by atoms with van der Waals surface area (Å²) in [4.78, 5) is 27.3. The lowest BCUT2D eigenvalue weighted by molar-refractivity contribution is -0.389. The molecule has 1 saturated heterocycles. The van der Waals surface area contributed by atoms with Gasteiger partial charge in [-0.15, -0.1) is 0 Å². The Morgan fingerprint density at radius 2 is 2.20 bits per heavy atom. The van der Waals surface area contributed by atoms with Gasteiger partial charge in [-0.05, 0) is 29.7 Å². The Labute approximate surface area is 116 Å². The van der Waals surface area contributed by atoms with Crippen LogP contribution in [0.1, 0.15) is 26.2 Å². The molecule has 110 valence electrons. The van der Waals surface area contributed by atoms with Gasteiger partial charge < -0.3 is 24.7 Å². The second-order valence-corrected chi connectivity index (χ2v) is 5.35. The van der Waals surface area contributed by atoms with E-state index in [1.54, 1.807) is 11.8 Å². The molecule has 2 heterocycles. The van der Waals surface area contributed by atoms with Crippen molar-refractivity contribution in [2.45, 2.75) is 38.3 Å². The van der Waals surface area contributed by atoms with Crippen molar-refractivity contribution in [1.82, 2.24) is 14.5 Å². The zero-order valence-electron chi connectivity index (χ0n) is 11.4. The normalized spacial score (nSPS) is 18.0. The number of amides is 1. The first-order chi connectivity index (χ1) is 9.37. The molecular weight excluding hydrogens is 264 g/mol. The number of likely N-dealkylation sites (tertiary alicyclic amines) is 1. The minimum atomic E-state index is -0.679. The molecule has 2 rings (SSSR count). The maximum atomic E-state index is 12.0. The van der Waals surface area contributed by atoms with E-state index in [2.05, 4.69) is 4.98 Å². The van der Waals surface area contributed by atoms with E-state index in [9.17, 15) is 20.0 Å². The number of aromatic nitrogens is 2. The van der Waals surface area contributed by atoms with E-state index >= 15 is 0 Å². The fourth-order valence-electron chi connectivity index (χ4n) is 2.19. The van der Waals surface area contributed by atoms with Crippen LogP contribution in [0.25, 0.3) is 0 Å². The van der Waals surface area contributed by atoms with Crippen molar-refractivity contribution < 1.29 is 14.8 Å². The molecule has 20 heavy (non-hydrogen) atoms. The molecule has 0 radical (unpaired) electrons. The minimum absolute atomic E-state index is 0.00291. The van der Waals surface area contributed by atoms with Crippen molar-refractivity contribution in [3.8, 4) is 0 Å². The monoisotopic (exact) mass is 282 g/mol. The molecule has 1 aromatic heterocycles. The number of nitrogens with zero attached hydrogens (tertiary/aromatic N) is 4. The third-order valence-corrected chi connectivity index (χ3v) is 3.58. The van der Waals surface area contributed by atoms with Crippen LogP contribution >= 0.6 is 0 Å². The Hall–Kier alpha value is -1.96. The van der Waals surface area contributed by atoms with Gasteiger partial charge >= 0.3 is 5.82 Å². The van der Waals surface area contributed by atoms with E-state index in [0.29, 0.717) is 32.5 Å². The quantitative estimate of drug-likeness (QED) is 0.642. The zero-order chi connectivity index (χ0) is 14.8. The molecular formula is C12H18N4O4. The van der Waals surface area contributed by atoms with Crippen molar-refractivity contribution >= 4 is 11.7 Å². The topological polar surface area (TPSA) is 102 Å². The molecule has 8 nitrogen and oxygen atoms in total. The van der Waals surface area contributed by atoms with Crippen molar-refractivity contribution in [2.75, 3.05) is 13.1 Å². The number of aryl methyl sites for hydroxylation is 1. The summed E-state index contributed by atoms with van der Waals surface area (Å²) in [6.45, 7) is 3.25. The fraction of sp³-hybridized carbons (Fsp3) is 0.667. The highest BCUT2D eigenvalue weighted by Gasteiger charge is 2.29. The molecule has 1 amide bonds. The summed E-state index contributed by atoms with van der Waals surface area (Å²) in [6.07, 6.45) is 4.10. The Morgan fingerprint density at radius 3 is 2.75 bits per heavy atom. The molecule has 0 atom stereocenters. The molecule has 0 bridgehead atoms. The van der Waals surface area contributed by atoms with Crippen LogP contribution in [0.4, 0.5) is 5.82 Å². The number of aliphatic hydroxyl groups is 1. The Balaban J connectivity index is 1.81. The van der Waals surface area contributed by atoms with Gasteiger partial charge in [0.25, 0.3) is 0 Å². The van der Waals surface area contributed by atoms with Crippen molar-refractivity contribution in [3.05, 3.63) is 22.6 Å². The SMILES string of the molecule is CC1(O)CCN(C(=O)CCn2cnc([N+](=O)[O-])c2)CC1. The first kappa shape index (κ1) is 14.4. The van der Waals surface area contributed by atoms with Gasteiger partial charge in [-0.25, -0.2) is 0 Å². The van der Waals surface area contributed by atoms with Gasteiger partial charge in [-0.1, -0.05) is 0 Å². The molecule has 0 spiro atoms. The number of carbonyl (C=O) groups is 1. The van der Waals surface area contributed by atoms with Crippen LogP contribution in [-0.4, -0.2) is 49.1 Å². The van der Waals surface area contributed by atoms with Crippen LogP contribution in [0, 0.1) is 10.1 Å². The first-order valence-electron chi connectivity index (χ1n) is 6.54. The Kier molecular flexibility index (Phi) is 4.03. The van der Waals surface area contributed by atoms with Crippen molar-refractivity contribution in [3.63, 3.8) is 0 Å². The average Bonchev–Trinajstić information content (AvgIpc) is 2.85. The third-order valence-electron chi connectivity index (χ3n) is 3.58. The van der Waals surface area contributed by atoms with Crippen LogP contribution in [0.15, 0.2) is 12.5 Å². The lowest BCUT2D eigenvalue weighted by Crippen LogP contribution is -2.45. The van der Waals surface area contributed by atoms with Crippen LogP contribution in [0.5, 0.6) is 0 Å². The van der Waals surface area contributed by atoms with Gasteiger partial charge in [0.05, 0.1) is 5.60 Å². The molecule has 1 aliphatic heterocycles. The molecule has 0 saturated carbocycles. The van der Waals surface area contributed by atoms with Crippen LogP contribution in [0.3, 0.4) is 0 Å². The Bertz CT molecular complexity index is 501. The number of carbonyl (C=O) groups excluding carboxylic acids is 1. The van der Waals surface area contributed by atoms with E-state index in [-0.39, 0.29) is 18.1 Å². The van der Waals surface area contributed by atoms with E-state index < -0.39 is 10.5 Å². The van der Waals surface area contributed by atoms with Gasteiger partial charge in [-0.2, -0.15) is 0 Å². The summed E-state index contributed by atoms with van der Waals surface area (Å²) in [6, 6.07) is 0. The molecule has 0 aliphatic carbocycles. The number of imidazole rings is 1. The second kappa shape index (κ2) is 5.58. The molecule has 1 fully saturated rings. The average molecular weight is 282 g/mol. The van der Waals surface area contributed by atoms with E-state index in [4.69, 9.17) is 0 Å². The first-order valence-corrected chi connectivity index (χ1v) is 6.54. The summed E-state index contributed by atoms with van der Waals surface area (Å²) < 4.78 is 1.54. The van der Waals surface area contributed by atoms with Gasteiger partial charge in [0.2, 0.25) is 12.2 Å². The maximum absolute atomic E-state index is 12.0. The van der Waals surface area contributed by atoms with Crippen LogP contribution in [-0.2, 0) is 11.3 Å². The molecule has 1 aliphatic rings. The van der Waals surface area contributed by atoms with E-state index in [1.807, 2.05) is 0 Å². The molecule has 0 aromatic carbocycles. The van der Waals surface area contributed by atoms with Gasteiger partial charge in [-0.3, -0.25) is 4.79 Å². The lowest BCUT2D eigenvalue weighted by Gasteiger charge is -2.35. The standard InChI is InChI=1S/C12H18N4O4/c1-12(18)3-6-15(7-4-12)11(17)2-5-14-8-10(13-9-14)16(19)20/h8-9,18H,2-7H2,1H3. The molecule has 0 unspecified atom stereocenters. The summed E-state index contributed by atoms with van der Waals surface area (Å²) in [5, 5.41) is 20.3. The van der Waals surface area contributed by atoms with Crippen LogP contribution < -0.4 is 0 Å². The fourth-order valence-corrected chi connectivity index (χ4v) is 2.19. The molecule has 8 heteroatoms. The predicted octanol–water partition coefficient (Wildman–Crippen LogP) is 0.555. The lowest BCUT2D eigenvalue weighted by atomic mass is 9.94. The minimum Gasteiger partial charge on any atom is -0.390 e. The number of hydrogen-bond donors (Lipinski definition) is 1. The van der Waals surface area contributed by atoms with E-state index in [1.165, 1.54) is 17.1 Å². The highest BCUT2D eigenvalue weighted by atomic mass is 16.6.